The summed E-state index contributed by atoms with van der Waals surface area (Å²) in [6, 6.07) is 0. The molecule has 4 aliphatic rings. The van der Waals surface area contributed by atoms with Gasteiger partial charge in [-0.3, -0.25) is 9.59 Å². The van der Waals surface area contributed by atoms with Crippen molar-refractivity contribution in [1.82, 2.24) is 0 Å². The average Bonchev–Trinajstić information content (AvgIpc) is 3.08. The van der Waals surface area contributed by atoms with Gasteiger partial charge in [0.1, 0.15) is 5.60 Å². The topological polar surface area (TPSA) is 83.8 Å². The van der Waals surface area contributed by atoms with E-state index in [9.17, 15) is 14.7 Å². The summed E-state index contributed by atoms with van der Waals surface area (Å²) in [5, 5.41) is 19.5. The van der Waals surface area contributed by atoms with E-state index in [0.29, 0.717) is 5.41 Å². The number of carbonyl (C=O) groups is 2. The highest BCUT2D eigenvalue weighted by atomic mass is 16.6. The molecule has 3 fully saturated rings. The van der Waals surface area contributed by atoms with E-state index in [-0.39, 0.29) is 18.3 Å². The molecule has 0 spiro atoms. The molecule has 0 saturated heterocycles. The molecule has 0 bridgehead atoms. The van der Waals surface area contributed by atoms with Gasteiger partial charge in [-0.15, -0.1) is 0 Å². The molecule has 198 valence electrons. The molecule has 0 heterocycles. The molecule has 0 aromatic rings. The third-order valence-electron chi connectivity index (χ3n) is 10.8. The number of aliphatic hydroxyl groups is 1. The lowest BCUT2D eigenvalue weighted by Crippen LogP contribution is -2.51. The summed E-state index contributed by atoms with van der Waals surface area (Å²) in [6.45, 7) is 11.0. The van der Waals surface area contributed by atoms with Crippen LogP contribution in [-0.4, -0.2) is 33.4 Å². The fraction of sp³-hybridized carbons (Fsp3) is 0.867. The molecule has 0 aromatic carbocycles. The van der Waals surface area contributed by atoms with E-state index in [0.717, 1.165) is 55.8 Å². The van der Waals surface area contributed by atoms with Crippen LogP contribution in [0, 0.1) is 34.5 Å². The van der Waals surface area contributed by atoms with Crippen LogP contribution in [0.2, 0.25) is 0 Å². The molecule has 4 rings (SSSR count). The highest BCUT2D eigenvalue weighted by Gasteiger charge is 2.58. The molecule has 0 aliphatic heterocycles. The van der Waals surface area contributed by atoms with Crippen molar-refractivity contribution in [2.45, 2.75) is 129 Å². The smallest absolute Gasteiger partial charge is 0.306 e. The standard InChI is InChI=1S/C30H48O5/c1-27(2,35-26(33)13-12-25(31)32)15-6-7-20-9-11-23-22-10-8-21-19-28(3,34)17-18-30(21,5)24(22)14-16-29(20,23)4/h8,20,22-24,34H,6-7,9-19H2,1-5H3,(H,31,32)/t20?,22?,23?,24?,28-,29?,30-/m0/s1. The second-order valence-electron chi connectivity index (χ2n) is 13.8. The quantitative estimate of drug-likeness (QED) is 0.294. The van der Waals surface area contributed by atoms with Gasteiger partial charge in [-0.25, -0.2) is 0 Å². The third-order valence-corrected chi connectivity index (χ3v) is 10.8. The number of ether oxygens (including phenoxy) is 1. The van der Waals surface area contributed by atoms with E-state index >= 15 is 0 Å². The number of fused-ring (bicyclic) bond motifs is 5. The number of hydrogen-bond acceptors (Lipinski definition) is 4. The van der Waals surface area contributed by atoms with E-state index in [4.69, 9.17) is 9.84 Å². The number of rotatable bonds is 8. The molecule has 7 atom stereocenters. The zero-order valence-electron chi connectivity index (χ0n) is 22.7. The summed E-state index contributed by atoms with van der Waals surface area (Å²) in [7, 11) is 0. The van der Waals surface area contributed by atoms with Crippen molar-refractivity contribution in [1.29, 1.82) is 0 Å². The average molecular weight is 489 g/mol. The number of hydrogen-bond donors (Lipinski definition) is 2. The predicted octanol–water partition coefficient (Wildman–Crippen LogP) is 6.67. The van der Waals surface area contributed by atoms with E-state index in [1.54, 1.807) is 0 Å². The second kappa shape index (κ2) is 9.50. The van der Waals surface area contributed by atoms with Gasteiger partial charge in [0.15, 0.2) is 0 Å². The number of aliphatic carboxylic acids is 1. The maximum absolute atomic E-state index is 12.0. The molecular weight excluding hydrogens is 440 g/mol. The van der Waals surface area contributed by atoms with Gasteiger partial charge < -0.3 is 14.9 Å². The number of allylic oxidation sites excluding steroid dienone is 1. The lowest BCUT2D eigenvalue weighted by Gasteiger charge is -2.59. The van der Waals surface area contributed by atoms with E-state index < -0.39 is 23.1 Å². The molecule has 5 unspecified atom stereocenters. The van der Waals surface area contributed by atoms with Crippen LogP contribution in [0.3, 0.4) is 0 Å². The molecular formula is C30H48O5. The van der Waals surface area contributed by atoms with Gasteiger partial charge in [0, 0.05) is 0 Å². The Labute approximate surface area is 212 Å². The second-order valence-corrected chi connectivity index (χ2v) is 13.8. The molecule has 2 N–H and O–H groups in total. The summed E-state index contributed by atoms with van der Waals surface area (Å²) in [4.78, 5) is 22.7. The van der Waals surface area contributed by atoms with E-state index in [1.165, 1.54) is 44.1 Å². The highest BCUT2D eigenvalue weighted by molar-refractivity contribution is 5.76. The maximum Gasteiger partial charge on any atom is 0.306 e. The first-order chi connectivity index (χ1) is 16.3. The van der Waals surface area contributed by atoms with Crippen LogP contribution in [0.5, 0.6) is 0 Å². The Hall–Kier alpha value is -1.36. The summed E-state index contributed by atoms with van der Waals surface area (Å²) in [5.74, 6) is 1.70. The third kappa shape index (κ3) is 5.36. The van der Waals surface area contributed by atoms with Gasteiger partial charge in [0.05, 0.1) is 18.4 Å². The Morgan fingerprint density at radius 2 is 1.80 bits per heavy atom. The largest absolute Gasteiger partial charge is 0.481 e. The monoisotopic (exact) mass is 488 g/mol. The zero-order valence-corrected chi connectivity index (χ0v) is 22.7. The predicted molar refractivity (Wildman–Crippen MR) is 137 cm³/mol. The van der Waals surface area contributed by atoms with Crippen molar-refractivity contribution in [2.75, 3.05) is 0 Å². The first kappa shape index (κ1) is 26.7. The van der Waals surface area contributed by atoms with Crippen molar-refractivity contribution in [3.63, 3.8) is 0 Å². The molecule has 4 aliphatic carbocycles. The van der Waals surface area contributed by atoms with Crippen molar-refractivity contribution in [2.24, 2.45) is 34.5 Å². The summed E-state index contributed by atoms with van der Waals surface area (Å²) in [5.41, 5.74) is 1.14. The van der Waals surface area contributed by atoms with Crippen LogP contribution < -0.4 is 0 Å². The Morgan fingerprint density at radius 1 is 1.06 bits per heavy atom. The van der Waals surface area contributed by atoms with Crippen molar-refractivity contribution in [3.05, 3.63) is 11.6 Å². The molecule has 35 heavy (non-hydrogen) atoms. The highest BCUT2D eigenvalue weighted by Crippen LogP contribution is 2.67. The van der Waals surface area contributed by atoms with Crippen LogP contribution in [0.15, 0.2) is 11.6 Å². The Bertz CT molecular complexity index is 857. The summed E-state index contributed by atoms with van der Waals surface area (Å²) in [6.07, 6.45) is 14.7. The van der Waals surface area contributed by atoms with Gasteiger partial charge in [-0.05, 0) is 126 Å². The van der Waals surface area contributed by atoms with E-state index in [1.807, 2.05) is 20.8 Å². The number of carboxylic acids is 1. The van der Waals surface area contributed by atoms with Crippen LogP contribution in [-0.2, 0) is 14.3 Å². The van der Waals surface area contributed by atoms with Crippen molar-refractivity contribution in [3.8, 4) is 0 Å². The SMILES string of the molecule is CC(C)(CCCC1CCC2C3CC=C4C[C@@](C)(O)CC[C@]4(C)C3CCC12C)OC(=O)CCC(=O)O. The van der Waals surface area contributed by atoms with Crippen LogP contribution in [0.4, 0.5) is 0 Å². The molecule has 0 radical (unpaired) electrons. The van der Waals surface area contributed by atoms with E-state index in [2.05, 4.69) is 19.9 Å². The van der Waals surface area contributed by atoms with Crippen LogP contribution in [0.1, 0.15) is 118 Å². The lowest BCUT2D eigenvalue weighted by molar-refractivity contribution is -0.159. The van der Waals surface area contributed by atoms with Crippen molar-refractivity contribution >= 4 is 11.9 Å². The Kier molecular flexibility index (Phi) is 7.25. The minimum absolute atomic E-state index is 0.0592. The summed E-state index contributed by atoms with van der Waals surface area (Å²) < 4.78 is 5.60. The minimum atomic E-state index is -0.965. The first-order valence-corrected chi connectivity index (χ1v) is 14.1. The first-order valence-electron chi connectivity index (χ1n) is 14.1. The van der Waals surface area contributed by atoms with Crippen LogP contribution >= 0.6 is 0 Å². The van der Waals surface area contributed by atoms with Gasteiger partial charge in [0.25, 0.3) is 0 Å². The molecule has 0 aromatic heterocycles. The molecule has 0 amide bonds. The van der Waals surface area contributed by atoms with Gasteiger partial charge in [-0.2, -0.15) is 0 Å². The number of carbonyl (C=O) groups excluding carboxylic acids is 1. The number of carboxylic acid groups (broad SMARTS) is 1. The fourth-order valence-corrected chi connectivity index (χ4v) is 8.78. The molecule has 3 saturated carbocycles. The van der Waals surface area contributed by atoms with Crippen LogP contribution in [0.25, 0.3) is 0 Å². The Balaban J connectivity index is 1.34. The molecule has 5 heteroatoms. The van der Waals surface area contributed by atoms with Gasteiger partial charge >= 0.3 is 11.9 Å². The minimum Gasteiger partial charge on any atom is -0.481 e. The summed E-state index contributed by atoms with van der Waals surface area (Å²) >= 11 is 0. The molecule has 5 nitrogen and oxygen atoms in total. The fourth-order valence-electron chi connectivity index (χ4n) is 8.78. The zero-order chi connectivity index (χ0) is 25.6. The Morgan fingerprint density at radius 3 is 2.51 bits per heavy atom. The number of esters is 1. The normalized spacial score (nSPS) is 40.8. The lowest BCUT2D eigenvalue weighted by atomic mass is 9.46. The van der Waals surface area contributed by atoms with Crippen molar-refractivity contribution < 1.29 is 24.5 Å². The van der Waals surface area contributed by atoms with Gasteiger partial charge in [-0.1, -0.05) is 25.5 Å². The van der Waals surface area contributed by atoms with Gasteiger partial charge in [0.2, 0.25) is 0 Å². The maximum atomic E-state index is 12.0.